The molecule has 1 atom stereocenters. The first-order valence-corrected chi connectivity index (χ1v) is 10.6. The molecule has 1 spiro atoms. The molecule has 30 heavy (non-hydrogen) atoms. The number of benzene rings is 1. The Morgan fingerprint density at radius 2 is 1.67 bits per heavy atom. The lowest BCUT2D eigenvalue weighted by molar-refractivity contribution is -0.120. The second kappa shape index (κ2) is 7.49. The zero-order valence-electron chi connectivity index (χ0n) is 17.9. The van der Waals surface area contributed by atoms with Gasteiger partial charge in [0.05, 0.1) is 0 Å². The minimum atomic E-state index is -0.477. The number of hydrogen-bond donors (Lipinski definition) is 1. The average molecular weight is 415 g/mol. The van der Waals surface area contributed by atoms with E-state index in [4.69, 9.17) is 4.74 Å². The van der Waals surface area contributed by atoms with Gasteiger partial charge in [-0.2, -0.15) is 0 Å². The Morgan fingerprint density at radius 1 is 1.00 bits per heavy atom. The zero-order valence-corrected chi connectivity index (χ0v) is 17.9. The molecule has 4 amide bonds. The monoisotopic (exact) mass is 414 g/mol. The van der Waals surface area contributed by atoms with Crippen molar-refractivity contribution in [2.45, 2.75) is 45.6 Å². The van der Waals surface area contributed by atoms with Crippen LogP contribution in [0.3, 0.4) is 0 Å². The Kier molecular flexibility index (Phi) is 5.11. The van der Waals surface area contributed by atoms with Crippen LogP contribution in [-0.4, -0.2) is 61.3 Å². The normalized spacial score (nSPS) is 24.6. The van der Waals surface area contributed by atoms with Gasteiger partial charge in [0.2, 0.25) is 5.91 Å². The van der Waals surface area contributed by atoms with Crippen molar-refractivity contribution in [1.29, 1.82) is 0 Å². The molecule has 0 bridgehead atoms. The molecule has 3 aliphatic rings. The Labute approximate surface area is 177 Å². The largest absolute Gasteiger partial charge is 0.444 e. The Morgan fingerprint density at radius 3 is 2.33 bits per heavy atom. The fourth-order valence-corrected chi connectivity index (χ4v) is 4.56. The van der Waals surface area contributed by atoms with Gasteiger partial charge in [-0.25, -0.2) is 9.59 Å². The predicted octanol–water partition coefficient (Wildman–Crippen LogP) is 2.97. The van der Waals surface area contributed by atoms with Crippen LogP contribution in [0.25, 0.3) is 0 Å². The zero-order chi connectivity index (χ0) is 21.5. The molecule has 3 heterocycles. The summed E-state index contributed by atoms with van der Waals surface area (Å²) in [6.07, 6.45) is 2.13. The highest BCUT2D eigenvalue weighted by Gasteiger charge is 2.45. The van der Waals surface area contributed by atoms with Gasteiger partial charge in [-0.15, -0.1) is 0 Å². The van der Waals surface area contributed by atoms with Crippen LogP contribution in [0.15, 0.2) is 24.3 Å². The summed E-state index contributed by atoms with van der Waals surface area (Å²) in [5.74, 6) is -0.229. The molecule has 8 nitrogen and oxygen atoms in total. The molecule has 3 fully saturated rings. The molecular formula is C22H30N4O4. The van der Waals surface area contributed by atoms with Gasteiger partial charge in [-0.3, -0.25) is 15.0 Å². The van der Waals surface area contributed by atoms with Gasteiger partial charge in [0.15, 0.2) is 0 Å². The molecule has 1 aromatic rings. The summed E-state index contributed by atoms with van der Waals surface area (Å²) >= 11 is 0. The number of hydrogen-bond acceptors (Lipinski definition) is 5. The lowest BCUT2D eigenvalue weighted by atomic mass is 9.86. The fraction of sp³-hybridized carbons (Fsp3) is 0.591. The van der Waals surface area contributed by atoms with Crippen LogP contribution in [0.2, 0.25) is 0 Å². The highest BCUT2D eigenvalue weighted by atomic mass is 16.6. The molecule has 0 unspecified atom stereocenters. The number of imide groups is 1. The molecule has 0 aliphatic carbocycles. The molecule has 8 heteroatoms. The van der Waals surface area contributed by atoms with E-state index in [0.29, 0.717) is 13.0 Å². The topological polar surface area (TPSA) is 82.2 Å². The van der Waals surface area contributed by atoms with Gasteiger partial charge in [0, 0.05) is 55.9 Å². The highest BCUT2D eigenvalue weighted by Crippen LogP contribution is 2.41. The Hall–Kier alpha value is -2.77. The number of ether oxygens (including phenoxy) is 1. The summed E-state index contributed by atoms with van der Waals surface area (Å²) in [5, 5.41) is 2.35. The van der Waals surface area contributed by atoms with Crippen molar-refractivity contribution >= 4 is 29.4 Å². The first kappa shape index (κ1) is 20.5. The number of urea groups is 1. The number of rotatable bonds is 2. The molecule has 1 N–H and O–H groups in total. The predicted molar refractivity (Wildman–Crippen MR) is 114 cm³/mol. The molecule has 4 rings (SSSR count). The number of carbonyl (C=O) groups is 3. The second-order valence-corrected chi connectivity index (χ2v) is 9.59. The molecule has 1 aromatic carbocycles. The smallest absolute Gasteiger partial charge is 0.410 e. The molecular weight excluding hydrogens is 384 g/mol. The first-order chi connectivity index (χ1) is 14.1. The van der Waals surface area contributed by atoms with E-state index in [2.05, 4.69) is 10.2 Å². The van der Waals surface area contributed by atoms with E-state index in [0.717, 1.165) is 50.4 Å². The molecule has 3 aliphatic heterocycles. The van der Waals surface area contributed by atoms with E-state index in [-0.39, 0.29) is 23.4 Å². The van der Waals surface area contributed by atoms with Gasteiger partial charge in [-0.1, -0.05) is 0 Å². The number of carbonyl (C=O) groups excluding carboxylic acids is 3. The van der Waals surface area contributed by atoms with Crippen LogP contribution < -0.4 is 15.1 Å². The first-order valence-electron chi connectivity index (χ1n) is 10.6. The minimum Gasteiger partial charge on any atom is -0.444 e. The number of nitrogens with one attached hydrogen (secondary N) is 1. The number of anilines is 2. The highest BCUT2D eigenvalue weighted by molar-refractivity contribution is 6.05. The maximum absolute atomic E-state index is 12.4. The van der Waals surface area contributed by atoms with E-state index in [1.165, 1.54) is 0 Å². The van der Waals surface area contributed by atoms with Crippen LogP contribution in [-0.2, 0) is 9.53 Å². The van der Waals surface area contributed by atoms with E-state index in [9.17, 15) is 14.4 Å². The minimum absolute atomic E-state index is 0.114. The van der Waals surface area contributed by atoms with Crippen LogP contribution >= 0.6 is 0 Å². The van der Waals surface area contributed by atoms with E-state index in [1.807, 2.05) is 49.9 Å². The maximum atomic E-state index is 12.4. The van der Waals surface area contributed by atoms with Crippen molar-refractivity contribution in [2.24, 2.45) is 5.41 Å². The standard InChI is InChI=1S/C22H30N4O4/c1-21(2,3)30-20(29)25-13-10-22(15-25)9-12-24(14-22)16-4-6-17(7-5-16)26-11-8-18(27)23-19(26)28/h4-7H,8-15H2,1-3H3,(H,23,27,28)/t22-/m1/s1. The van der Waals surface area contributed by atoms with Crippen molar-refractivity contribution in [2.75, 3.05) is 42.5 Å². The van der Waals surface area contributed by atoms with Crippen LogP contribution in [0.1, 0.15) is 40.0 Å². The molecule has 0 saturated carbocycles. The SMILES string of the molecule is CC(C)(C)OC(=O)N1CC[C@@]2(CCN(c3ccc(N4CCC(=O)NC4=O)cc3)C2)C1. The maximum Gasteiger partial charge on any atom is 0.410 e. The van der Waals surface area contributed by atoms with Crippen molar-refractivity contribution in [1.82, 2.24) is 10.2 Å². The Balaban J connectivity index is 1.37. The third-order valence-corrected chi connectivity index (χ3v) is 6.11. The van der Waals surface area contributed by atoms with E-state index in [1.54, 1.807) is 4.90 Å². The lowest BCUT2D eigenvalue weighted by Gasteiger charge is -2.28. The summed E-state index contributed by atoms with van der Waals surface area (Å²) < 4.78 is 5.54. The summed E-state index contributed by atoms with van der Waals surface area (Å²) in [4.78, 5) is 41.6. The van der Waals surface area contributed by atoms with Gasteiger partial charge in [-0.05, 0) is 57.9 Å². The van der Waals surface area contributed by atoms with Crippen LogP contribution in [0.4, 0.5) is 21.0 Å². The summed E-state index contributed by atoms with van der Waals surface area (Å²) in [5.41, 5.74) is 1.53. The van der Waals surface area contributed by atoms with Crippen molar-refractivity contribution < 1.29 is 19.1 Å². The average Bonchev–Trinajstić information content (AvgIpc) is 3.28. The molecule has 0 radical (unpaired) electrons. The van der Waals surface area contributed by atoms with Crippen molar-refractivity contribution in [3.63, 3.8) is 0 Å². The number of likely N-dealkylation sites (tertiary alicyclic amines) is 1. The van der Waals surface area contributed by atoms with Crippen molar-refractivity contribution in [3.8, 4) is 0 Å². The number of nitrogens with zero attached hydrogens (tertiary/aromatic N) is 3. The Bertz CT molecular complexity index is 848. The molecule has 3 saturated heterocycles. The summed E-state index contributed by atoms with van der Waals surface area (Å²) in [6.45, 7) is 9.40. The van der Waals surface area contributed by atoms with Crippen molar-refractivity contribution in [3.05, 3.63) is 24.3 Å². The third kappa shape index (κ3) is 4.22. The number of amides is 4. The summed E-state index contributed by atoms with van der Waals surface area (Å²) in [6, 6.07) is 7.54. The van der Waals surface area contributed by atoms with Crippen LogP contribution in [0.5, 0.6) is 0 Å². The summed E-state index contributed by atoms with van der Waals surface area (Å²) in [7, 11) is 0. The van der Waals surface area contributed by atoms with Gasteiger partial charge in [0.25, 0.3) is 0 Å². The lowest BCUT2D eigenvalue weighted by Crippen LogP contribution is -2.49. The third-order valence-electron chi connectivity index (χ3n) is 6.11. The molecule has 0 aromatic heterocycles. The second-order valence-electron chi connectivity index (χ2n) is 9.59. The van der Waals surface area contributed by atoms with Crippen LogP contribution in [0, 0.1) is 5.41 Å². The van der Waals surface area contributed by atoms with E-state index >= 15 is 0 Å². The van der Waals surface area contributed by atoms with Gasteiger partial charge in [0.1, 0.15) is 5.60 Å². The van der Waals surface area contributed by atoms with Gasteiger partial charge < -0.3 is 14.5 Å². The van der Waals surface area contributed by atoms with Gasteiger partial charge >= 0.3 is 12.1 Å². The van der Waals surface area contributed by atoms with E-state index < -0.39 is 5.60 Å². The fourth-order valence-electron chi connectivity index (χ4n) is 4.56. The quantitative estimate of drug-likeness (QED) is 0.805. The molecule has 162 valence electrons.